The summed E-state index contributed by atoms with van der Waals surface area (Å²) >= 11 is 3.19. The van der Waals surface area contributed by atoms with Gasteiger partial charge in [0.1, 0.15) is 11.6 Å². The molecule has 104 valence electrons. The van der Waals surface area contributed by atoms with E-state index in [1.807, 2.05) is 13.0 Å². The second-order valence-corrected chi connectivity index (χ2v) is 5.18. The molecule has 2 aromatic carbocycles. The van der Waals surface area contributed by atoms with Crippen LogP contribution in [-0.2, 0) is 6.42 Å². The van der Waals surface area contributed by atoms with Gasteiger partial charge in [-0.3, -0.25) is 4.79 Å². The molecule has 0 aromatic heterocycles. The Morgan fingerprint density at radius 3 is 2.70 bits per heavy atom. The lowest BCUT2D eigenvalue weighted by Gasteiger charge is -2.09. The fourth-order valence-electron chi connectivity index (χ4n) is 1.91. The number of carbonyl (C=O) groups excluding carboxylic acids is 1. The van der Waals surface area contributed by atoms with Crippen LogP contribution in [0.3, 0.4) is 0 Å². The summed E-state index contributed by atoms with van der Waals surface area (Å²) in [5.74, 6) is -0.00518. The van der Waals surface area contributed by atoms with Crippen LogP contribution in [0.4, 0.5) is 4.39 Å². The highest BCUT2D eigenvalue weighted by Crippen LogP contribution is 2.22. The number of para-hydroxylation sites is 1. The molecule has 0 radical (unpaired) electrons. The van der Waals surface area contributed by atoms with Crippen molar-refractivity contribution in [2.45, 2.75) is 13.3 Å². The fourth-order valence-corrected chi connectivity index (χ4v) is 2.24. The number of ketones is 1. The quantitative estimate of drug-likeness (QED) is 0.756. The smallest absolute Gasteiger partial charge is 0.171 e. The molecule has 0 amide bonds. The van der Waals surface area contributed by atoms with Gasteiger partial charge >= 0.3 is 0 Å². The summed E-state index contributed by atoms with van der Waals surface area (Å²) in [6.45, 7) is 2.34. The first-order chi connectivity index (χ1) is 9.61. The highest BCUT2D eigenvalue weighted by molar-refractivity contribution is 9.10. The first kappa shape index (κ1) is 14.7. The molecule has 20 heavy (non-hydrogen) atoms. The van der Waals surface area contributed by atoms with Crippen molar-refractivity contribution in [3.05, 3.63) is 63.9 Å². The molecule has 0 N–H and O–H groups in total. The second kappa shape index (κ2) is 6.66. The molecule has 2 nitrogen and oxygen atoms in total. The van der Waals surface area contributed by atoms with Crippen LogP contribution in [0.1, 0.15) is 22.8 Å². The Morgan fingerprint density at radius 1 is 1.25 bits per heavy atom. The van der Waals surface area contributed by atoms with Crippen molar-refractivity contribution in [2.24, 2.45) is 0 Å². The maximum atomic E-state index is 13.8. The minimum Gasteiger partial charge on any atom is -0.493 e. The predicted molar refractivity (Wildman–Crippen MR) is 79.7 cm³/mol. The number of carbonyl (C=O) groups is 1. The molecule has 0 spiro atoms. The number of benzene rings is 2. The normalized spacial score (nSPS) is 10.3. The van der Waals surface area contributed by atoms with Crippen LogP contribution in [0.15, 0.2) is 46.9 Å². The van der Waals surface area contributed by atoms with Crippen LogP contribution in [0.5, 0.6) is 5.75 Å². The lowest BCUT2D eigenvalue weighted by Crippen LogP contribution is -2.08. The molecular weight excluding hydrogens is 323 g/mol. The molecule has 0 heterocycles. The predicted octanol–water partition coefficient (Wildman–Crippen LogP) is 4.41. The molecule has 4 heteroatoms. The molecule has 2 rings (SSSR count). The Morgan fingerprint density at radius 2 is 2.00 bits per heavy atom. The van der Waals surface area contributed by atoms with Gasteiger partial charge in [-0.2, -0.15) is 0 Å². The van der Waals surface area contributed by atoms with Gasteiger partial charge < -0.3 is 4.74 Å². The number of halogens is 2. The van der Waals surface area contributed by atoms with Gasteiger partial charge in [0.25, 0.3) is 0 Å². The first-order valence-electron chi connectivity index (χ1n) is 6.30. The Balaban J connectivity index is 2.24. The first-order valence-corrected chi connectivity index (χ1v) is 7.10. The van der Waals surface area contributed by atoms with Crippen molar-refractivity contribution < 1.29 is 13.9 Å². The molecule has 0 saturated heterocycles. The number of hydrogen-bond donors (Lipinski definition) is 0. The third-order valence-corrected chi connectivity index (χ3v) is 3.35. The fraction of sp³-hybridized carbons (Fsp3) is 0.188. The highest BCUT2D eigenvalue weighted by atomic mass is 79.9. The molecule has 0 bridgehead atoms. The summed E-state index contributed by atoms with van der Waals surface area (Å²) in [4.78, 5) is 12.3. The zero-order chi connectivity index (χ0) is 14.5. The van der Waals surface area contributed by atoms with Gasteiger partial charge in [0.05, 0.1) is 12.2 Å². The lowest BCUT2D eigenvalue weighted by atomic mass is 10.0. The van der Waals surface area contributed by atoms with Gasteiger partial charge in [-0.25, -0.2) is 4.39 Å². The van der Waals surface area contributed by atoms with E-state index in [0.717, 1.165) is 0 Å². The summed E-state index contributed by atoms with van der Waals surface area (Å²) in [7, 11) is 0. The largest absolute Gasteiger partial charge is 0.493 e. The number of rotatable bonds is 5. The summed E-state index contributed by atoms with van der Waals surface area (Å²) in [6.07, 6.45) is 0.0171. The van der Waals surface area contributed by atoms with Crippen molar-refractivity contribution in [3.63, 3.8) is 0 Å². The highest BCUT2D eigenvalue weighted by Gasteiger charge is 2.14. The van der Waals surface area contributed by atoms with E-state index in [1.54, 1.807) is 30.3 Å². The molecule has 0 aliphatic rings. The minimum absolute atomic E-state index is 0.0171. The Bertz CT molecular complexity index is 626. The molecule has 0 fully saturated rings. The van der Waals surface area contributed by atoms with Gasteiger partial charge in [0, 0.05) is 10.9 Å². The number of ether oxygens (including phenoxy) is 1. The van der Waals surface area contributed by atoms with Crippen LogP contribution in [0, 0.1) is 5.82 Å². The molecule has 0 saturated carbocycles. The van der Waals surface area contributed by atoms with Gasteiger partial charge in [-0.05, 0) is 36.8 Å². The van der Waals surface area contributed by atoms with E-state index in [-0.39, 0.29) is 18.0 Å². The second-order valence-electron chi connectivity index (χ2n) is 4.26. The summed E-state index contributed by atoms with van der Waals surface area (Å²) in [5, 5.41) is 0. The van der Waals surface area contributed by atoms with E-state index < -0.39 is 0 Å². The molecule has 0 aliphatic heterocycles. The topological polar surface area (TPSA) is 26.3 Å². The van der Waals surface area contributed by atoms with Gasteiger partial charge in [0.15, 0.2) is 5.78 Å². The Labute approximate surface area is 125 Å². The SMILES string of the molecule is CCOc1ccccc1C(=O)Cc1ccc(Br)cc1F. The molecule has 0 aliphatic carbocycles. The summed E-state index contributed by atoms with van der Waals surface area (Å²) < 4.78 is 19.8. The maximum Gasteiger partial charge on any atom is 0.171 e. The van der Waals surface area contributed by atoms with Gasteiger partial charge in [0.2, 0.25) is 0 Å². The molecular formula is C16H14BrFO2. The third-order valence-electron chi connectivity index (χ3n) is 2.85. The summed E-state index contributed by atoms with van der Waals surface area (Å²) in [5.41, 5.74) is 0.862. The van der Waals surface area contributed by atoms with E-state index in [1.165, 1.54) is 6.07 Å². The average Bonchev–Trinajstić information content (AvgIpc) is 2.43. The van der Waals surface area contributed by atoms with Crippen molar-refractivity contribution in [2.75, 3.05) is 6.61 Å². The standard InChI is InChI=1S/C16H14BrFO2/c1-2-20-16-6-4-3-5-13(16)15(19)9-11-7-8-12(17)10-14(11)18/h3-8,10H,2,9H2,1H3. The maximum absolute atomic E-state index is 13.8. The van der Waals surface area contributed by atoms with Crippen molar-refractivity contribution in [1.82, 2.24) is 0 Å². The van der Waals surface area contributed by atoms with E-state index in [9.17, 15) is 9.18 Å². The van der Waals surface area contributed by atoms with Gasteiger partial charge in [-0.15, -0.1) is 0 Å². The van der Waals surface area contributed by atoms with Crippen LogP contribution in [0.2, 0.25) is 0 Å². The van der Waals surface area contributed by atoms with Crippen molar-refractivity contribution in [3.8, 4) is 5.75 Å². The molecule has 2 aromatic rings. The lowest BCUT2D eigenvalue weighted by molar-refractivity contribution is 0.0988. The van der Waals surface area contributed by atoms with Crippen molar-refractivity contribution in [1.29, 1.82) is 0 Å². The zero-order valence-electron chi connectivity index (χ0n) is 11.0. The number of hydrogen-bond acceptors (Lipinski definition) is 2. The zero-order valence-corrected chi connectivity index (χ0v) is 12.6. The van der Waals surface area contributed by atoms with Gasteiger partial charge in [-0.1, -0.05) is 34.1 Å². The van der Waals surface area contributed by atoms with Crippen LogP contribution >= 0.6 is 15.9 Å². The van der Waals surface area contributed by atoms with Crippen LogP contribution in [0.25, 0.3) is 0 Å². The van der Waals surface area contributed by atoms with E-state index in [2.05, 4.69) is 15.9 Å². The Hall–Kier alpha value is -1.68. The van der Waals surface area contributed by atoms with Crippen molar-refractivity contribution >= 4 is 21.7 Å². The van der Waals surface area contributed by atoms with E-state index in [0.29, 0.717) is 28.0 Å². The molecule has 0 unspecified atom stereocenters. The van der Waals surface area contributed by atoms with Crippen LogP contribution < -0.4 is 4.74 Å². The Kier molecular flexibility index (Phi) is 4.90. The summed E-state index contributed by atoms with van der Waals surface area (Å²) in [6, 6.07) is 11.7. The monoisotopic (exact) mass is 336 g/mol. The van der Waals surface area contributed by atoms with E-state index in [4.69, 9.17) is 4.74 Å². The van der Waals surface area contributed by atoms with E-state index >= 15 is 0 Å². The average molecular weight is 337 g/mol. The number of Topliss-reactive ketones (excluding diaryl/α,β-unsaturated/α-hetero) is 1. The third kappa shape index (κ3) is 3.45. The minimum atomic E-state index is -0.387. The van der Waals surface area contributed by atoms with Crippen LogP contribution in [-0.4, -0.2) is 12.4 Å². The molecule has 0 atom stereocenters.